The van der Waals surface area contributed by atoms with Crippen LogP contribution in [0.15, 0.2) is 48.7 Å². The molecule has 7 nitrogen and oxygen atoms in total. The summed E-state index contributed by atoms with van der Waals surface area (Å²) in [5, 5.41) is 8.24. The highest BCUT2D eigenvalue weighted by molar-refractivity contribution is 7.20. The number of carbonyl (C=O) groups excluding carboxylic acids is 1. The molecule has 4 aromatic rings. The van der Waals surface area contributed by atoms with E-state index in [9.17, 15) is 4.79 Å². The molecule has 0 bridgehead atoms. The highest BCUT2D eigenvalue weighted by Crippen LogP contribution is 2.42. The summed E-state index contributed by atoms with van der Waals surface area (Å²) in [6.45, 7) is 0. The molecule has 3 heterocycles. The molecule has 2 aromatic carbocycles. The molecule has 29 heavy (non-hydrogen) atoms. The zero-order valence-electron chi connectivity index (χ0n) is 15.9. The largest absolute Gasteiger partial charge is 0.497 e. The summed E-state index contributed by atoms with van der Waals surface area (Å²) in [5.74, 6) is 1.81. The van der Waals surface area contributed by atoms with Gasteiger partial charge in [-0.05, 0) is 18.2 Å². The highest BCUT2D eigenvalue weighted by Gasteiger charge is 2.32. The molecule has 146 valence electrons. The van der Waals surface area contributed by atoms with E-state index >= 15 is 0 Å². The molecule has 1 aliphatic rings. The van der Waals surface area contributed by atoms with E-state index in [2.05, 4.69) is 15.4 Å². The number of fused-ring (bicyclic) bond motifs is 2. The molecule has 0 saturated carbocycles. The highest BCUT2D eigenvalue weighted by atomic mass is 32.1. The van der Waals surface area contributed by atoms with Crippen molar-refractivity contribution >= 4 is 33.3 Å². The zero-order valence-corrected chi connectivity index (χ0v) is 16.7. The van der Waals surface area contributed by atoms with Crippen molar-refractivity contribution < 1.29 is 14.3 Å². The lowest BCUT2D eigenvalue weighted by Crippen LogP contribution is -2.24. The van der Waals surface area contributed by atoms with E-state index in [-0.39, 0.29) is 11.8 Å². The van der Waals surface area contributed by atoms with Crippen LogP contribution in [0.5, 0.6) is 11.5 Å². The summed E-state index contributed by atoms with van der Waals surface area (Å²) in [7, 11) is 3.23. The Morgan fingerprint density at radius 1 is 1.14 bits per heavy atom. The number of rotatable bonds is 4. The van der Waals surface area contributed by atoms with Crippen molar-refractivity contribution in [1.82, 2.24) is 14.8 Å². The molecule has 0 radical (unpaired) electrons. The Balaban J connectivity index is 1.62. The number of amides is 1. The monoisotopic (exact) mass is 406 g/mol. The number of ether oxygens (including phenoxy) is 2. The summed E-state index contributed by atoms with van der Waals surface area (Å²) < 4.78 is 13.7. The van der Waals surface area contributed by atoms with Crippen molar-refractivity contribution in [2.45, 2.75) is 12.3 Å². The van der Waals surface area contributed by atoms with E-state index < -0.39 is 0 Å². The molecular weight excluding hydrogens is 388 g/mol. The van der Waals surface area contributed by atoms with Gasteiger partial charge in [0.15, 0.2) is 0 Å². The van der Waals surface area contributed by atoms with Crippen LogP contribution >= 0.6 is 11.3 Å². The van der Waals surface area contributed by atoms with Gasteiger partial charge in [-0.25, -0.2) is 4.98 Å². The topological polar surface area (TPSA) is 78.3 Å². The fourth-order valence-electron chi connectivity index (χ4n) is 3.70. The Bertz CT molecular complexity index is 1200. The summed E-state index contributed by atoms with van der Waals surface area (Å²) in [5.41, 5.74) is 2.77. The summed E-state index contributed by atoms with van der Waals surface area (Å²) in [6.07, 6.45) is 2.12. The molecule has 1 atom stereocenters. The second-order valence-corrected chi connectivity index (χ2v) is 7.75. The van der Waals surface area contributed by atoms with Gasteiger partial charge in [-0.3, -0.25) is 4.79 Å². The lowest BCUT2D eigenvalue weighted by atomic mass is 9.86. The third-order valence-corrected chi connectivity index (χ3v) is 6.11. The number of carbonyl (C=O) groups is 1. The van der Waals surface area contributed by atoms with Crippen molar-refractivity contribution in [3.05, 3.63) is 59.8 Å². The molecule has 1 N–H and O–H groups in total. The molecule has 5 rings (SSSR count). The fourth-order valence-corrected chi connectivity index (χ4v) is 4.63. The van der Waals surface area contributed by atoms with Gasteiger partial charge >= 0.3 is 0 Å². The van der Waals surface area contributed by atoms with Gasteiger partial charge in [-0.15, -0.1) is 0 Å². The smallest absolute Gasteiger partial charge is 0.226 e. The Labute approximate surface area is 170 Å². The molecule has 0 unspecified atom stereocenters. The molecule has 1 amide bonds. The molecule has 0 aliphatic carbocycles. The molecule has 8 heteroatoms. The van der Waals surface area contributed by atoms with Crippen LogP contribution in [0.25, 0.3) is 15.3 Å². The predicted molar refractivity (Wildman–Crippen MR) is 111 cm³/mol. The average Bonchev–Trinajstić information content (AvgIpc) is 3.36. The summed E-state index contributed by atoms with van der Waals surface area (Å²) in [6, 6.07) is 13.6. The zero-order chi connectivity index (χ0) is 20.0. The first kappa shape index (κ1) is 17.7. The minimum Gasteiger partial charge on any atom is -0.497 e. The van der Waals surface area contributed by atoms with E-state index in [1.54, 1.807) is 25.1 Å². The van der Waals surface area contributed by atoms with E-state index in [1.165, 1.54) is 11.3 Å². The number of anilines is 1. The SMILES string of the molecule is COc1ccc([C@@H]2CC(=O)Nc3c2cnn3-c2nc3ccccc3s2)c(OC)c1. The predicted octanol–water partition coefficient (Wildman–Crippen LogP) is 3.97. The van der Waals surface area contributed by atoms with E-state index in [0.29, 0.717) is 23.7 Å². The van der Waals surface area contributed by atoms with Gasteiger partial charge in [-0.1, -0.05) is 29.5 Å². The van der Waals surface area contributed by atoms with Gasteiger partial charge in [0.05, 0.1) is 30.6 Å². The first-order chi connectivity index (χ1) is 14.2. The quantitative estimate of drug-likeness (QED) is 0.555. The van der Waals surface area contributed by atoms with Gasteiger partial charge in [0, 0.05) is 29.5 Å². The average molecular weight is 406 g/mol. The van der Waals surface area contributed by atoms with Crippen LogP contribution in [-0.2, 0) is 4.79 Å². The Hall–Kier alpha value is -3.39. The van der Waals surface area contributed by atoms with E-state index in [4.69, 9.17) is 9.47 Å². The maximum Gasteiger partial charge on any atom is 0.226 e. The standard InChI is InChI=1S/C21H18N4O3S/c1-27-12-7-8-13(17(9-12)28-2)14-10-19(26)24-20-15(14)11-22-25(20)21-23-16-5-3-4-6-18(16)29-21/h3-9,11,14H,10H2,1-2H3,(H,24,26)/t14-/m0/s1. The van der Waals surface area contributed by atoms with Crippen LogP contribution in [0.2, 0.25) is 0 Å². The second-order valence-electron chi connectivity index (χ2n) is 6.74. The van der Waals surface area contributed by atoms with Crippen LogP contribution < -0.4 is 14.8 Å². The van der Waals surface area contributed by atoms with Gasteiger partial charge < -0.3 is 14.8 Å². The maximum atomic E-state index is 12.6. The minimum absolute atomic E-state index is 0.0665. The second kappa shape index (κ2) is 6.89. The van der Waals surface area contributed by atoms with Gasteiger partial charge in [0.2, 0.25) is 11.0 Å². The number of aromatic nitrogens is 3. The van der Waals surface area contributed by atoms with Crippen LogP contribution in [0.3, 0.4) is 0 Å². The Morgan fingerprint density at radius 3 is 2.79 bits per heavy atom. The Kier molecular flexibility index (Phi) is 4.21. The lowest BCUT2D eigenvalue weighted by molar-refractivity contribution is -0.116. The first-order valence-corrected chi connectivity index (χ1v) is 9.95. The number of hydrogen-bond acceptors (Lipinski definition) is 6. The summed E-state index contributed by atoms with van der Waals surface area (Å²) in [4.78, 5) is 17.2. The maximum absolute atomic E-state index is 12.6. The third kappa shape index (κ3) is 2.92. The number of methoxy groups -OCH3 is 2. The van der Waals surface area contributed by atoms with Crippen LogP contribution in [-0.4, -0.2) is 34.9 Å². The fraction of sp³-hybridized carbons (Fsp3) is 0.190. The van der Waals surface area contributed by atoms with Gasteiger partial charge in [0.25, 0.3) is 0 Å². The molecule has 0 saturated heterocycles. The number of thiazole rings is 1. The number of para-hydroxylation sites is 1. The molecule has 2 aromatic heterocycles. The van der Waals surface area contributed by atoms with E-state index in [1.807, 2.05) is 42.5 Å². The van der Waals surface area contributed by atoms with Crippen molar-refractivity contribution in [1.29, 1.82) is 0 Å². The van der Waals surface area contributed by atoms with Crippen molar-refractivity contribution in [2.24, 2.45) is 0 Å². The van der Waals surface area contributed by atoms with Crippen molar-refractivity contribution in [3.63, 3.8) is 0 Å². The summed E-state index contributed by atoms with van der Waals surface area (Å²) >= 11 is 1.54. The number of benzene rings is 2. The Morgan fingerprint density at radius 2 is 2.00 bits per heavy atom. The van der Waals surface area contributed by atoms with Crippen LogP contribution in [0, 0.1) is 0 Å². The molecular formula is C21H18N4O3S. The van der Waals surface area contributed by atoms with Crippen LogP contribution in [0.4, 0.5) is 5.82 Å². The molecule has 0 spiro atoms. The molecule has 0 fully saturated rings. The molecule has 1 aliphatic heterocycles. The van der Waals surface area contributed by atoms with Gasteiger partial charge in [0.1, 0.15) is 17.3 Å². The minimum atomic E-state index is -0.164. The van der Waals surface area contributed by atoms with Crippen molar-refractivity contribution in [3.8, 4) is 16.6 Å². The number of nitrogens with zero attached hydrogens (tertiary/aromatic N) is 3. The lowest BCUT2D eigenvalue weighted by Gasteiger charge is -2.25. The third-order valence-electron chi connectivity index (χ3n) is 5.10. The number of hydrogen-bond donors (Lipinski definition) is 1. The van der Waals surface area contributed by atoms with Crippen molar-refractivity contribution in [2.75, 3.05) is 19.5 Å². The number of nitrogens with one attached hydrogen (secondary N) is 1. The van der Waals surface area contributed by atoms with Gasteiger partial charge in [-0.2, -0.15) is 9.78 Å². The normalized spacial score (nSPS) is 15.8. The first-order valence-electron chi connectivity index (χ1n) is 9.13. The van der Waals surface area contributed by atoms with E-state index in [0.717, 1.165) is 26.5 Å². The van der Waals surface area contributed by atoms with Crippen LogP contribution in [0.1, 0.15) is 23.5 Å².